The van der Waals surface area contributed by atoms with Crippen LogP contribution in [-0.2, 0) is 4.74 Å². The molecule has 0 spiro atoms. The average molecular weight is 228 g/mol. The lowest BCUT2D eigenvalue weighted by Crippen LogP contribution is -2.29. The van der Waals surface area contributed by atoms with Crippen molar-refractivity contribution in [2.75, 3.05) is 20.7 Å². The van der Waals surface area contributed by atoms with Crippen LogP contribution in [0.4, 0.5) is 0 Å². The van der Waals surface area contributed by atoms with E-state index in [1.807, 2.05) is 0 Å². The third kappa shape index (κ3) is 2.82. The molecule has 6 nitrogen and oxygen atoms in total. The van der Waals surface area contributed by atoms with E-state index in [9.17, 15) is 15.0 Å². The number of aliphatic hydroxyl groups excluding tert-OH is 2. The van der Waals surface area contributed by atoms with Gasteiger partial charge < -0.3 is 25.3 Å². The van der Waals surface area contributed by atoms with Gasteiger partial charge in [0.25, 0.3) is 0 Å². The molecule has 0 radical (unpaired) electrons. The number of carbonyl (C=O) groups is 1. The van der Waals surface area contributed by atoms with Gasteiger partial charge in [0.1, 0.15) is 11.8 Å². The molecule has 1 rings (SSSR count). The number of aromatic nitrogens is 1. The first-order chi connectivity index (χ1) is 7.60. The molecule has 0 saturated heterocycles. The smallest absolute Gasteiger partial charge is 0.354 e. The van der Waals surface area contributed by atoms with Crippen molar-refractivity contribution >= 4 is 5.97 Å². The lowest BCUT2D eigenvalue weighted by molar-refractivity contribution is 0.0178. The van der Waals surface area contributed by atoms with E-state index in [-0.39, 0.29) is 12.2 Å². The zero-order valence-electron chi connectivity index (χ0n) is 9.23. The highest BCUT2D eigenvalue weighted by atomic mass is 16.5. The molecule has 0 bridgehead atoms. The largest absolute Gasteiger partial charge is 0.464 e. The van der Waals surface area contributed by atoms with Gasteiger partial charge in [-0.2, -0.15) is 0 Å². The van der Waals surface area contributed by atoms with E-state index in [0.29, 0.717) is 5.69 Å². The van der Waals surface area contributed by atoms with Crippen LogP contribution in [0, 0.1) is 0 Å². The summed E-state index contributed by atoms with van der Waals surface area (Å²) < 4.78 is 4.51. The van der Waals surface area contributed by atoms with Crippen molar-refractivity contribution in [2.24, 2.45) is 0 Å². The summed E-state index contributed by atoms with van der Waals surface area (Å²) in [6, 6.07) is 3.03. The number of nitrogens with one attached hydrogen (secondary N) is 2. The van der Waals surface area contributed by atoms with E-state index in [0.717, 1.165) is 0 Å². The number of hydrogen-bond acceptors (Lipinski definition) is 5. The maximum atomic E-state index is 11.1. The summed E-state index contributed by atoms with van der Waals surface area (Å²) >= 11 is 0. The molecule has 1 aromatic rings. The van der Waals surface area contributed by atoms with Crippen molar-refractivity contribution < 1.29 is 19.7 Å². The molecule has 1 aromatic heterocycles. The lowest BCUT2D eigenvalue weighted by atomic mass is 10.1. The van der Waals surface area contributed by atoms with Crippen LogP contribution in [0.1, 0.15) is 22.3 Å². The Balaban J connectivity index is 2.73. The number of rotatable bonds is 5. The number of aliphatic hydroxyl groups is 2. The Morgan fingerprint density at radius 3 is 2.81 bits per heavy atom. The first-order valence-corrected chi connectivity index (χ1v) is 4.88. The van der Waals surface area contributed by atoms with Gasteiger partial charge in [-0.1, -0.05) is 0 Å². The molecule has 0 aromatic carbocycles. The third-order valence-corrected chi connectivity index (χ3v) is 2.21. The first kappa shape index (κ1) is 12.7. The number of hydrogen-bond donors (Lipinski definition) is 4. The highest BCUT2D eigenvalue weighted by molar-refractivity contribution is 5.87. The molecule has 6 heteroatoms. The fourth-order valence-corrected chi connectivity index (χ4v) is 1.34. The first-order valence-electron chi connectivity index (χ1n) is 4.88. The number of H-pyrrole nitrogens is 1. The molecule has 16 heavy (non-hydrogen) atoms. The molecule has 0 aliphatic carbocycles. The Labute approximate surface area is 93.2 Å². The van der Waals surface area contributed by atoms with E-state index in [2.05, 4.69) is 15.0 Å². The summed E-state index contributed by atoms with van der Waals surface area (Å²) in [5, 5.41) is 22.0. The van der Waals surface area contributed by atoms with Gasteiger partial charge in [0.2, 0.25) is 0 Å². The van der Waals surface area contributed by atoms with E-state index in [1.54, 1.807) is 7.05 Å². The summed E-state index contributed by atoms with van der Waals surface area (Å²) in [5.74, 6) is -0.512. The Morgan fingerprint density at radius 2 is 2.25 bits per heavy atom. The van der Waals surface area contributed by atoms with Crippen LogP contribution < -0.4 is 5.32 Å². The lowest BCUT2D eigenvalue weighted by Gasteiger charge is -2.16. The molecule has 0 aliphatic heterocycles. The second-order valence-corrected chi connectivity index (χ2v) is 3.39. The van der Waals surface area contributed by atoms with E-state index >= 15 is 0 Å². The summed E-state index contributed by atoms with van der Waals surface area (Å²) in [6.45, 7) is 0.258. The molecule has 4 N–H and O–H groups in total. The van der Waals surface area contributed by atoms with Crippen LogP contribution in [0.3, 0.4) is 0 Å². The Bertz CT molecular complexity index is 350. The highest BCUT2D eigenvalue weighted by Gasteiger charge is 2.20. The van der Waals surface area contributed by atoms with Crippen LogP contribution >= 0.6 is 0 Å². The van der Waals surface area contributed by atoms with Crippen molar-refractivity contribution in [2.45, 2.75) is 12.2 Å². The zero-order valence-corrected chi connectivity index (χ0v) is 9.23. The second kappa shape index (κ2) is 5.64. The van der Waals surface area contributed by atoms with Crippen LogP contribution in [0.5, 0.6) is 0 Å². The summed E-state index contributed by atoms with van der Waals surface area (Å²) in [7, 11) is 2.94. The average Bonchev–Trinajstić information content (AvgIpc) is 2.76. The van der Waals surface area contributed by atoms with E-state index in [1.165, 1.54) is 19.2 Å². The van der Waals surface area contributed by atoms with Gasteiger partial charge in [0, 0.05) is 12.2 Å². The van der Waals surface area contributed by atoms with Crippen molar-refractivity contribution in [3.8, 4) is 0 Å². The normalized spacial score (nSPS) is 14.5. The van der Waals surface area contributed by atoms with Gasteiger partial charge in [0.15, 0.2) is 0 Å². The van der Waals surface area contributed by atoms with Crippen molar-refractivity contribution in [3.63, 3.8) is 0 Å². The van der Waals surface area contributed by atoms with E-state index < -0.39 is 18.2 Å². The molecule has 2 atom stereocenters. The van der Waals surface area contributed by atoms with Gasteiger partial charge in [-0.3, -0.25) is 0 Å². The molecule has 2 unspecified atom stereocenters. The molecule has 0 amide bonds. The van der Waals surface area contributed by atoms with Gasteiger partial charge in [-0.25, -0.2) is 4.79 Å². The fourth-order valence-electron chi connectivity index (χ4n) is 1.34. The van der Waals surface area contributed by atoms with E-state index in [4.69, 9.17) is 0 Å². The van der Waals surface area contributed by atoms with Gasteiger partial charge in [-0.15, -0.1) is 0 Å². The van der Waals surface area contributed by atoms with Gasteiger partial charge in [0.05, 0.1) is 13.2 Å². The van der Waals surface area contributed by atoms with Crippen LogP contribution in [0.2, 0.25) is 0 Å². The van der Waals surface area contributed by atoms with Crippen molar-refractivity contribution in [3.05, 3.63) is 23.5 Å². The summed E-state index contributed by atoms with van der Waals surface area (Å²) in [6.07, 6.45) is -2.00. The number of aromatic amines is 1. The van der Waals surface area contributed by atoms with Crippen molar-refractivity contribution in [1.29, 1.82) is 0 Å². The topological polar surface area (TPSA) is 94.6 Å². The quantitative estimate of drug-likeness (QED) is 0.506. The minimum absolute atomic E-state index is 0.244. The Kier molecular flexibility index (Phi) is 4.48. The molecule has 0 aliphatic rings. The number of carbonyl (C=O) groups excluding carboxylic acids is 1. The molecular weight excluding hydrogens is 212 g/mol. The number of esters is 1. The SMILES string of the molecule is CNCC(O)C(O)c1ccc(C(=O)OC)[nH]1. The number of likely N-dealkylation sites (N-methyl/N-ethyl adjacent to an activating group) is 1. The minimum atomic E-state index is -1.06. The van der Waals surface area contributed by atoms with Gasteiger partial charge in [-0.05, 0) is 19.2 Å². The number of ether oxygens (including phenoxy) is 1. The zero-order chi connectivity index (χ0) is 12.1. The van der Waals surface area contributed by atoms with Crippen molar-refractivity contribution in [1.82, 2.24) is 10.3 Å². The molecule has 0 saturated carbocycles. The predicted molar refractivity (Wildman–Crippen MR) is 57.0 cm³/mol. The summed E-state index contributed by atoms with van der Waals surface area (Å²) in [4.78, 5) is 13.8. The molecule has 0 fully saturated rings. The predicted octanol–water partition coefficient (Wildman–Crippen LogP) is -0.585. The standard InChI is InChI=1S/C10H16N2O4/c1-11-5-8(13)9(14)6-3-4-7(12-6)10(15)16-2/h3-4,8-9,11-14H,5H2,1-2H3. The molecule has 1 heterocycles. The van der Waals surface area contributed by atoms with Crippen LogP contribution in [0.25, 0.3) is 0 Å². The molecular formula is C10H16N2O4. The fraction of sp³-hybridized carbons (Fsp3) is 0.500. The summed E-state index contributed by atoms with van der Waals surface area (Å²) in [5.41, 5.74) is 0.622. The molecule has 90 valence electrons. The second-order valence-electron chi connectivity index (χ2n) is 3.39. The Morgan fingerprint density at radius 1 is 1.56 bits per heavy atom. The minimum Gasteiger partial charge on any atom is -0.464 e. The Hall–Kier alpha value is -1.37. The van der Waals surface area contributed by atoms with Crippen LogP contribution in [0.15, 0.2) is 12.1 Å². The number of methoxy groups -OCH3 is 1. The monoisotopic (exact) mass is 228 g/mol. The maximum absolute atomic E-state index is 11.1. The third-order valence-electron chi connectivity index (χ3n) is 2.21. The highest BCUT2D eigenvalue weighted by Crippen LogP contribution is 2.16. The maximum Gasteiger partial charge on any atom is 0.354 e. The van der Waals surface area contributed by atoms with Crippen LogP contribution in [-0.4, -0.2) is 48.0 Å². The van der Waals surface area contributed by atoms with Gasteiger partial charge >= 0.3 is 5.97 Å².